The van der Waals surface area contributed by atoms with Crippen molar-refractivity contribution in [2.45, 2.75) is 24.6 Å². The minimum atomic E-state index is -0.424. The number of alkyl halides is 1. The number of hydrogen-bond donors (Lipinski definition) is 0. The van der Waals surface area contributed by atoms with Gasteiger partial charge >= 0.3 is 0 Å². The van der Waals surface area contributed by atoms with Crippen LogP contribution in [0.2, 0.25) is 0 Å². The summed E-state index contributed by atoms with van der Waals surface area (Å²) in [6.45, 7) is 3.64. The molecule has 0 aromatic rings. The molecule has 0 radical (unpaired) electrons. The van der Waals surface area contributed by atoms with Crippen LogP contribution in [0.25, 0.3) is 0 Å². The van der Waals surface area contributed by atoms with Crippen molar-refractivity contribution in [1.82, 2.24) is 0 Å². The molecule has 1 nitrogen and oxygen atoms in total. The maximum absolute atomic E-state index is 11.1. The molecule has 0 aromatic heterocycles. The van der Waals surface area contributed by atoms with Crippen molar-refractivity contribution >= 4 is 21.7 Å². The normalized spacial score (nSPS) is 29.9. The Balaban J connectivity index is 2.82. The average Bonchev–Trinajstić information content (AvgIpc) is 1.95. The van der Waals surface area contributed by atoms with Gasteiger partial charge in [0.1, 0.15) is 4.32 Å². The molecule has 1 aliphatic carbocycles. The fourth-order valence-corrected chi connectivity index (χ4v) is 1.26. The SMILES string of the molecule is CC(=O)C1(Br)C=CC(C)=CC1. The van der Waals surface area contributed by atoms with Crippen LogP contribution in [0.1, 0.15) is 20.3 Å². The minimum Gasteiger partial charge on any atom is -0.298 e. The van der Waals surface area contributed by atoms with E-state index in [4.69, 9.17) is 0 Å². The summed E-state index contributed by atoms with van der Waals surface area (Å²) in [5, 5.41) is 0. The third-order valence-electron chi connectivity index (χ3n) is 1.92. The smallest absolute Gasteiger partial charge is 0.150 e. The van der Waals surface area contributed by atoms with Crippen LogP contribution in [0.15, 0.2) is 23.8 Å². The quantitative estimate of drug-likeness (QED) is 0.614. The molecule has 1 aliphatic rings. The molecule has 60 valence electrons. The van der Waals surface area contributed by atoms with Crippen molar-refractivity contribution in [2.75, 3.05) is 0 Å². The second-order valence-corrected chi connectivity index (χ2v) is 4.32. The second-order valence-electron chi connectivity index (χ2n) is 2.90. The van der Waals surface area contributed by atoms with Gasteiger partial charge in [0.05, 0.1) is 0 Å². The largest absolute Gasteiger partial charge is 0.298 e. The molecule has 1 rings (SSSR count). The van der Waals surface area contributed by atoms with Crippen molar-refractivity contribution in [2.24, 2.45) is 0 Å². The van der Waals surface area contributed by atoms with Gasteiger partial charge < -0.3 is 0 Å². The number of hydrogen-bond acceptors (Lipinski definition) is 1. The molecule has 1 atom stereocenters. The van der Waals surface area contributed by atoms with Crippen LogP contribution in [0, 0.1) is 0 Å². The summed E-state index contributed by atoms with van der Waals surface area (Å²) in [5.74, 6) is 0.164. The van der Waals surface area contributed by atoms with Crippen LogP contribution < -0.4 is 0 Å². The first-order chi connectivity index (χ1) is 5.04. The van der Waals surface area contributed by atoms with Crippen molar-refractivity contribution < 1.29 is 4.79 Å². The van der Waals surface area contributed by atoms with E-state index >= 15 is 0 Å². The van der Waals surface area contributed by atoms with Crippen molar-refractivity contribution in [3.8, 4) is 0 Å². The Labute approximate surface area is 75.3 Å². The highest BCUT2D eigenvalue weighted by Gasteiger charge is 2.29. The summed E-state index contributed by atoms with van der Waals surface area (Å²) in [6, 6.07) is 0. The van der Waals surface area contributed by atoms with E-state index in [2.05, 4.69) is 22.0 Å². The van der Waals surface area contributed by atoms with Gasteiger partial charge in [0.25, 0.3) is 0 Å². The summed E-state index contributed by atoms with van der Waals surface area (Å²) >= 11 is 3.41. The lowest BCUT2D eigenvalue weighted by Crippen LogP contribution is -2.27. The Hall–Kier alpha value is -0.370. The van der Waals surface area contributed by atoms with Gasteiger partial charge in [-0.2, -0.15) is 0 Å². The van der Waals surface area contributed by atoms with Crippen molar-refractivity contribution in [3.05, 3.63) is 23.8 Å². The molecule has 1 unspecified atom stereocenters. The molecule has 0 amide bonds. The van der Waals surface area contributed by atoms with Gasteiger partial charge in [-0.05, 0) is 20.3 Å². The zero-order valence-electron chi connectivity index (χ0n) is 6.73. The lowest BCUT2D eigenvalue weighted by atomic mass is 9.94. The van der Waals surface area contributed by atoms with Crippen LogP contribution in [-0.2, 0) is 4.79 Å². The highest BCUT2D eigenvalue weighted by Crippen LogP contribution is 2.30. The first kappa shape index (κ1) is 8.72. The first-order valence-corrected chi connectivity index (χ1v) is 4.40. The van der Waals surface area contributed by atoms with Gasteiger partial charge in [0.2, 0.25) is 0 Å². The van der Waals surface area contributed by atoms with Gasteiger partial charge in [-0.3, -0.25) is 4.79 Å². The standard InChI is InChI=1S/C9H11BrO/c1-7-3-5-9(10,6-4-7)8(2)11/h3-5H,6H2,1-2H3. The zero-order chi connectivity index (χ0) is 8.48. The van der Waals surface area contributed by atoms with Gasteiger partial charge in [-0.25, -0.2) is 0 Å². The van der Waals surface area contributed by atoms with Crippen molar-refractivity contribution in [3.63, 3.8) is 0 Å². The predicted molar refractivity (Wildman–Crippen MR) is 49.9 cm³/mol. The molecular weight excluding hydrogens is 204 g/mol. The maximum atomic E-state index is 11.1. The maximum Gasteiger partial charge on any atom is 0.150 e. The molecule has 0 fully saturated rings. The number of allylic oxidation sites excluding steroid dienone is 4. The fraction of sp³-hybridized carbons (Fsp3) is 0.444. The molecule has 0 aromatic carbocycles. The third kappa shape index (κ3) is 1.80. The molecule has 0 aliphatic heterocycles. The minimum absolute atomic E-state index is 0.164. The van der Waals surface area contributed by atoms with E-state index in [0.29, 0.717) is 0 Å². The molecule has 0 heterocycles. The topological polar surface area (TPSA) is 17.1 Å². The Morgan fingerprint density at radius 2 is 2.36 bits per heavy atom. The first-order valence-electron chi connectivity index (χ1n) is 3.60. The summed E-state index contributed by atoms with van der Waals surface area (Å²) in [7, 11) is 0. The molecule has 0 spiro atoms. The molecule has 0 N–H and O–H groups in total. The number of carbonyl (C=O) groups excluding carboxylic acids is 1. The molecule has 2 heteroatoms. The van der Waals surface area contributed by atoms with Crippen LogP contribution in [-0.4, -0.2) is 10.1 Å². The highest BCUT2D eigenvalue weighted by atomic mass is 79.9. The summed E-state index contributed by atoms with van der Waals surface area (Å²) in [5.41, 5.74) is 1.22. The summed E-state index contributed by atoms with van der Waals surface area (Å²) < 4.78 is -0.424. The Morgan fingerprint density at radius 1 is 1.73 bits per heavy atom. The van der Waals surface area contributed by atoms with Gasteiger partial charge in [-0.15, -0.1) is 0 Å². The van der Waals surface area contributed by atoms with Gasteiger partial charge in [-0.1, -0.05) is 39.7 Å². The lowest BCUT2D eigenvalue weighted by molar-refractivity contribution is -0.118. The Morgan fingerprint density at radius 3 is 2.73 bits per heavy atom. The van der Waals surface area contributed by atoms with Crippen LogP contribution in [0.4, 0.5) is 0 Å². The van der Waals surface area contributed by atoms with E-state index in [9.17, 15) is 4.79 Å². The van der Waals surface area contributed by atoms with Crippen LogP contribution in [0.3, 0.4) is 0 Å². The zero-order valence-corrected chi connectivity index (χ0v) is 8.31. The average molecular weight is 215 g/mol. The lowest BCUT2D eigenvalue weighted by Gasteiger charge is -2.21. The fourth-order valence-electron chi connectivity index (χ4n) is 0.970. The number of ketones is 1. The van der Waals surface area contributed by atoms with Gasteiger partial charge in [0.15, 0.2) is 5.78 Å². The van der Waals surface area contributed by atoms with E-state index in [1.165, 1.54) is 5.57 Å². The number of carbonyl (C=O) groups is 1. The van der Waals surface area contributed by atoms with E-state index in [1.807, 2.05) is 19.1 Å². The summed E-state index contributed by atoms with van der Waals surface area (Å²) in [6.07, 6.45) is 6.73. The monoisotopic (exact) mass is 214 g/mol. The van der Waals surface area contributed by atoms with Crippen LogP contribution in [0.5, 0.6) is 0 Å². The molecular formula is C9H11BrO. The Kier molecular flexibility index (Phi) is 2.33. The highest BCUT2D eigenvalue weighted by molar-refractivity contribution is 9.10. The van der Waals surface area contributed by atoms with E-state index < -0.39 is 4.32 Å². The predicted octanol–water partition coefficient (Wildman–Crippen LogP) is 2.62. The van der Waals surface area contributed by atoms with E-state index in [1.54, 1.807) is 6.92 Å². The van der Waals surface area contributed by atoms with Crippen molar-refractivity contribution in [1.29, 1.82) is 0 Å². The molecule has 11 heavy (non-hydrogen) atoms. The van der Waals surface area contributed by atoms with Gasteiger partial charge in [0, 0.05) is 0 Å². The molecule has 0 bridgehead atoms. The molecule has 0 saturated heterocycles. The second kappa shape index (κ2) is 2.94. The number of rotatable bonds is 1. The number of halogens is 1. The van der Waals surface area contributed by atoms with E-state index in [0.717, 1.165) is 6.42 Å². The molecule has 0 saturated carbocycles. The Bertz CT molecular complexity index is 240. The third-order valence-corrected chi connectivity index (χ3v) is 3.06. The summed E-state index contributed by atoms with van der Waals surface area (Å²) in [4.78, 5) is 11.1. The van der Waals surface area contributed by atoms with Crippen LogP contribution >= 0.6 is 15.9 Å². The van der Waals surface area contributed by atoms with E-state index in [-0.39, 0.29) is 5.78 Å². The number of Topliss-reactive ketones (excluding diaryl/α,β-unsaturated/α-hetero) is 1.